The van der Waals surface area contributed by atoms with Gasteiger partial charge in [0, 0.05) is 30.4 Å². The van der Waals surface area contributed by atoms with Crippen LogP contribution in [-0.2, 0) is 12.7 Å². The van der Waals surface area contributed by atoms with Crippen molar-refractivity contribution in [2.24, 2.45) is 4.99 Å². The van der Waals surface area contributed by atoms with Gasteiger partial charge in [0.1, 0.15) is 5.82 Å². The molecule has 0 saturated heterocycles. The highest BCUT2D eigenvalue weighted by Gasteiger charge is 2.30. The summed E-state index contributed by atoms with van der Waals surface area (Å²) < 4.78 is 40.3. The third-order valence-electron chi connectivity index (χ3n) is 4.16. The zero-order valence-corrected chi connectivity index (χ0v) is 16.6. The first-order valence-corrected chi connectivity index (χ1v) is 9.23. The molecule has 0 atom stereocenters. The van der Waals surface area contributed by atoms with E-state index in [0.717, 1.165) is 36.3 Å². The van der Waals surface area contributed by atoms with E-state index in [1.54, 1.807) is 35.4 Å². The van der Waals surface area contributed by atoms with Gasteiger partial charge in [-0.25, -0.2) is 4.98 Å². The van der Waals surface area contributed by atoms with E-state index in [1.807, 2.05) is 6.92 Å². The summed E-state index contributed by atoms with van der Waals surface area (Å²) in [5, 5.41) is 3.14. The maximum Gasteiger partial charge on any atom is 0.416 e. The topological polar surface area (TPSA) is 42.2 Å². The van der Waals surface area contributed by atoms with Gasteiger partial charge in [0.2, 0.25) is 0 Å². The number of halogens is 3. The molecule has 1 aromatic carbocycles. The Balaban J connectivity index is 2.09. The molecule has 1 aromatic heterocycles. The van der Waals surface area contributed by atoms with E-state index >= 15 is 0 Å². The highest BCUT2D eigenvalue weighted by atomic mass is 19.4. The molecule has 2 aromatic rings. The van der Waals surface area contributed by atoms with E-state index in [2.05, 4.69) is 35.4 Å². The minimum Gasteiger partial charge on any atom is -0.339 e. The molecule has 1 heterocycles. The molecule has 7 heteroatoms. The van der Waals surface area contributed by atoms with Crippen LogP contribution in [0.25, 0.3) is 0 Å². The molecular weight excluding hydrogens is 377 g/mol. The van der Waals surface area contributed by atoms with Crippen LogP contribution in [-0.4, -0.2) is 15.3 Å². The number of nitrogens with one attached hydrogen (secondary N) is 1. The molecule has 0 aliphatic carbocycles. The highest BCUT2D eigenvalue weighted by Crippen LogP contribution is 2.29. The highest BCUT2D eigenvalue weighted by molar-refractivity contribution is 5.92. The molecule has 0 aliphatic heterocycles. The van der Waals surface area contributed by atoms with Gasteiger partial charge >= 0.3 is 6.18 Å². The van der Waals surface area contributed by atoms with Crippen LogP contribution in [0.15, 0.2) is 78.5 Å². The number of rotatable bonds is 9. The van der Waals surface area contributed by atoms with Crippen LogP contribution < -0.4 is 5.32 Å². The maximum atomic E-state index is 12.9. The second-order valence-electron chi connectivity index (χ2n) is 6.61. The normalized spacial score (nSPS) is 12.7. The maximum absolute atomic E-state index is 12.9. The van der Waals surface area contributed by atoms with Crippen molar-refractivity contribution >= 4 is 11.5 Å². The first kappa shape index (κ1) is 22.2. The Bertz CT molecular complexity index is 920. The summed E-state index contributed by atoms with van der Waals surface area (Å²) in [6.07, 6.45) is 4.10. The number of allylic oxidation sites excluding steroid dienone is 2. The number of hydrogen-bond donors (Lipinski definition) is 1. The van der Waals surface area contributed by atoms with Crippen LogP contribution >= 0.6 is 0 Å². The number of anilines is 1. The van der Waals surface area contributed by atoms with Gasteiger partial charge in [-0.05, 0) is 42.7 Å². The van der Waals surface area contributed by atoms with Crippen molar-refractivity contribution in [3.8, 4) is 0 Å². The van der Waals surface area contributed by atoms with E-state index in [1.165, 1.54) is 6.07 Å². The number of aromatic nitrogens is 2. The smallest absolute Gasteiger partial charge is 0.339 e. The molecule has 29 heavy (non-hydrogen) atoms. The second-order valence-corrected chi connectivity index (χ2v) is 6.61. The molecule has 0 saturated carbocycles. The molecule has 0 radical (unpaired) electrons. The molecule has 154 valence electrons. The van der Waals surface area contributed by atoms with Gasteiger partial charge in [0.05, 0.1) is 11.9 Å². The Kier molecular flexibility index (Phi) is 7.59. The summed E-state index contributed by atoms with van der Waals surface area (Å²) in [6, 6.07) is 5.27. The standard InChI is InChI=1S/C22H25F3N4/c1-5-8-19(12-26-16(3)6-2)17(4)28-21-14-29(15-27-21)13-18-9-7-10-20(11-18)22(23,24)25/h6-7,9-12,14-15,28H,2,4-5,8,13H2,1,3H3/b19-12+,26-16?. The van der Waals surface area contributed by atoms with E-state index in [9.17, 15) is 13.2 Å². The minimum atomic E-state index is -4.36. The zero-order chi connectivity index (χ0) is 21.4. The van der Waals surface area contributed by atoms with E-state index in [0.29, 0.717) is 17.1 Å². The van der Waals surface area contributed by atoms with Crippen molar-refractivity contribution in [2.45, 2.75) is 39.4 Å². The van der Waals surface area contributed by atoms with Crippen LogP contribution in [0.3, 0.4) is 0 Å². The first-order chi connectivity index (χ1) is 13.7. The van der Waals surface area contributed by atoms with Crippen LogP contribution in [0.5, 0.6) is 0 Å². The van der Waals surface area contributed by atoms with Crippen molar-refractivity contribution in [2.75, 3.05) is 5.32 Å². The Morgan fingerprint density at radius 2 is 2.10 bits per heavy atom. The predicted octanol–water partition coefficient (Wildman–Crippen LogP) is 6.21. The van der Waals surface area contributed by atoms with Crippen molar-refractivity contribution in [3.05, 3.63) is 84.6 Å². The second kappa shape index (κ2) is 9.91. The number of nitrogens with zero attached hydrogens (tertiary/aromatic N) is 3. The number of alkyl halides is 3. The number of hydrogen-bond acceptors (Lipinski definition) is 3. The minimum absolute atomic E-state index is 0.283. The van der Waals surface area contributed by atoms with Gasteiger partial charge in [-0.1, -0.05) is 38.6 Å². The predicted molar refractivity (Wildman–Crippen MR) is 112 cm³/mol. The van der Waals surface area contributed by atoms with Gasteiger partial charge in [0.25, 0.3) is 0 Å². The molecule has 0 amide bonds. The molecule has 0 unspecified atom stereocenters. The lowest BCUT2D eigenvalue weighted by Crippen LogP contribution is -2.06. The SMILES string of the molecule is C=CC(C)=N/C=C(\CCC)C(=C)Nc1cn(Cc2cccc(C(F)(F)F)c2)cn1. The lowest BCUT2D eigenvalue weighted by Gasteiger charge is -2.10. The molecule has 0 spiro atoms. The average Bonchev–Trinajstić information content (AvgIpc) is 3.10. The lowest BCUT2D eigenvalue weighted by molar-refractivity contribution is -0.137. The third-order valence-corrected chi connectivity index (χ3v) is 4.16. The first-order valence-electron chi connectivity index (χ1n) is 9.23. The molecule has 2 rings (SSSR count). The van der Waals surface area contributed by atoms with Crippen LogP contribution in [0.2, 0.25) is 0 Å². The molecular formula is C22H25F3N4. The Morgan fingerprint density at radius 1 is 1.34 bits per heavy atom. The van der Waals surface area contributed by atoms with Gasteiger partial charge < -0.3 is 9.88 Å². The Morgan fingerprint density at radius 3 is 2.76 bits per heavy atom. The number of aliphatic imine (C=N–C) groups is 1. The average molecular weight is 402 g/mol. The van der Waals surface area contributed by atoms with Gasteiger partial charge in [-0.2, -0.15) is 13.2 Å². The van der Waals surface area contributed by atoms with E-state index in [4.69, 9.17) is 0 Å². The van der Waals surface area contributed by atoms with Crippen LogP contribution in [0, 0.1) is 0 Å². The summed E-state index contributed by atoms with van der Waals surface area (Å²) in [5.41, 5.74) is 2.31. The fourth-order valence-corrected chi connectivity index (χ4v) is 2.60. The Labute approximate surface area is 169 Å². The number of imidazole rings is 1. The summed E-state index contributed by atoms with van der Waals surface area (Å²) in [5.74, 6) is 0.563. The third kappa shape index (κ3) is 6.78. The van der Waals surface area contributed by atoms with Crippen LogP contribution in [0.1, 0.15) is 37.8 Å². The fourth-order valence-electron chi connectivity index (χ4n) is 2.60. The summed E-state index contributed by atoms with van der Waals surface area (Å²) in [7, 11) is 0. The largest absolute Gasteiger partial charge is 0.416 e. The monoisotopic (exact) mass is 402 g/mol. The van der Waals surface area contributed by atoms with E-state index in [-0.39, 0.29) is 6.54 Å². The van der Waals surface area contributed by atoms with Crippen molar-refractivity contribution in [1.29, 1.82) is 0 Å². The molecule has 0 fully saturated rings. The van der Waals surface area contributed by atoms with Gasteiger partial charge in [-0.15, -0.1) is 0 Å². The Hall–Kier alpha value is -3.09. The van der Waals surface area contributed by atoms with Crippen molar-refractivity contribution in [3.63, 3.8) is 0 Å². The van der Waals surface area contributed by atoms with Crippen molar-refractivity contribution < 1.29 is 13.2 Å². The van der Waals surface area contributed by atoms with E-state index < -0.39 is 11.7 Å². The molecule has 0 bridgehead atoms. The molecule has 0 aliphatic rings. The zero-order valence-electron chi connectivity index (χ0n) is 16.6. The lowest BCUT2D eigenvalue weighted by atomic mass is 10.1. The summed E-state index contributed by atoms with van der Waals surface area (Å²) in [4.78, 5) is 8.60. The van der Waals surface area contributed by atoms with Crippen LogP contribution in [0.4, 0.5) is 19.0 Å². The summed E-state index contributed by atoms with van der Waals surface area (Å²) >= 11 is 0. The van der Waals surface area contributed by atoms with Crippen molar-refractivity contribution in [1.82, 2.24) is 9.55 Å². The molecule has 1 N–H and O–H groups in total. The molecule has 4 nitrogen and oxygen atoms in total. The quantitative estimate of drug-likeness (QED) is 0.400. The number of benzene rings is 1. The fraction of sp³-hybridized carbons (Fsp3) is 0.273. The summed E-state index contributed by atoms with van der Waals surface area (Å²) in [6.45, 7) is 11.9. The van der Waals surface area contributed by atoms with Gasteiger partial charge in [0.15, 0.2) is 0 Å². The van der Waals surface area contributed by atoms with Gasteiger partial charge in [-0.3, -0.25) is 4.99 Å².